The molecule has 1 amide bonds. The molecule has 1 aliphatic rings. The van der Waals surface area contributed by atoms with Gasteiger partial charge in [0.2, 0.25) is 0 Å². The van der Waals surface area contributed by atoms with Crippen molar-refractivity contribution in [3.05, 3.63) is 52.8 Å². The number of benzene rings is 1. The molecule has 0 aliphatic carbocycles. The zero-order valence-electron chi connectivity index (χ0n) is 11.4. The molecule has 1 atom stereocenters. The zero-order valence-corrected chi connectivity index (χ0v) is 11.4. The number of hydrogen-bond acceptors (Lipinski definition) is 3. The van der Waals surface area contributed by atoms with Crippen LogP contribution >= 0.6 is 0 Å². The Morgan fingerprint density at radius 3 is 2.95 bits per heavy atom. The van der Waals surface area contributed by atoms with Gasteiger partial charge < -0.3 is 10.6 Å². The fourth-order valence-electron chi connectivity index (χ4n) is 2.50. The van der Waals surface area contributed by atoms with Crippen molar-refractivity contribution in [3.63, 3.8) is 0 Å². The Balaban J connectivity index is 1.75. The van der Waals surface area contributed by atoms with Gasteiger partial charge in [-0.3, -0.25) is 9.89 Å². The molecule has 5 nitrogen and oxygen atoms in total. The minimum absolute atomic E-state index is 0.0346. The van der Waals surface area contributed by atoms with Crippen LogP contribution in [-0.2, 0) is 13.0 Å². The van der Waals surface area contributed by atoms with E-state index in [2.05, 4.69) is 20.8 Å². The summed E-state index contributed by atoms with van der Waals surface area (Å²) in [7, 11) is 0. The molecule has 0 bridgehead atoms. The maximum atomic E-state index is 12.3. The van der Waals surface area contributed by atoms with E-state index in [1.807, 2.05) is 37.3 Å². The molecule has 0 spiro atoms. The minimum Gasteiger partial charge on any atom is -0.344 e. The second kappa shape index (κ2) is 5.46. The van der Waals surface area contributed by atoms with E-state index >= 15 is 0 Å². The van der Waals surface area contributed by atoms with Crippen molar-refractivity contribution >= 4 is 5.91 Å². The number of carbonyl (C=O) groups is 1. The molecular formula is C15H18N4O. The number of H-pyrrole nitrogens is 1. The van der Waals surface area contributed by atoms with Gasteiger partial charge >= 0.3 is 0 Å². The molecule has 0 radical (unpaired) electrons. The van der Waals surface area contributed by atoms with Crippen molar-refractivity contribution in [2.24, 2.45) is 0 Å². The summed E-state index contributed by atoms with van der Waals surface area (Å²) >= 11 is 0. The Morgan fingerprint density at radius 2 is 2.15 bits per heavy atom. The van der Waals surface area contributed by atoms with E-state index in [1.54, 1.807) is 0 Å². The highest BCUT2D eigenvalue weighted by atomic mass is 16.2. The molecule has 0 saturated heterocycles. The third-order valence-electron chi connectivity index (χ3n) is 3.67. The molecular weight excluding hydrogens is 252 g/mol. The highest BCUT2D eigenvalue weighted by Crippen LogP contribution is 2.17. The second-order valence-corrected chi connectivity index (χ2v) is 5.06. The lowest BCUT2D eigenvalue weighted by atomic mass is 10.1. The molecule has 2 aromatic rings. The number of amides is 1. The van der Waals surface area contributed by atoms with Crippen molar-refractivity contribution in [2.45, 2.75) is 25.9 Å². The van der Waals surface area contributed by atoms with Gasteiger partial charge in [-0.05, 0) is 12.5 Å². The van der Waals surface area contributed by atoms with Gasteiger partial charge in [-0.1, -0.05) is 30.3 Å². The van der Waals surface area contributed by atoms with Crippen LogP contribution in [0.3, 0.4) is 0 Å². The third kappa shape index (κ3) is 2.44. The van der Waals surface area contributed by atoms with E-state index in [9.17, 15) is 4.79 Å². The van der Waals surface area contributed by atoms with Crippen molar-refractivity contribution in [3.8, 4) is 0 Å². The standard InChI is InChI=1S/C15H18N4O/c1-10(11-5-3-2-4-6-11)17-15(20)14-12-9-16-8-7-13(12)18-19-14/h2-6,10,16H,7-9H2,1H3,(H,17,20)(H,18,19)/t10-/m1/s1. The first-order chi connectivity index (χ1) is 9.75. The van der Waals surface area contributed by atoms with Crippen LogP contribution in [0.15, 0.2) is 30.3 Å². The molecule has 0 fully saturated rings. The van der Waals surface area contributed by atoms with E-state index < -0.39 is 0 Å². The van der Waals surface area contributed by atoms with Gasteiger partial charge in [0.1, 0.15) is 0 Å². The van der Waals surface area contributed by atoms with Crippen LogP contribution in [0.1, 0.15) is 40.3 Å². The van der Waals surface area contributed by atoms with Crippen LogP contribution < -0.4 is 10.6 Å². The summed E-state index contributed by atoms with van der Waals surface area (Å²) in [5, 5.41) is 13.4. The maximum Gasteiger partial charge on any atom is 0.272 e. The van der Waals surface area contributed by atoms with E-state index in [-0.39, 0.29) is 11.9 Å². The largest absolute Gasteiger partial charge is 0.344 e. The fourth-order valence-corrected chi connectivity index (χ4v) is 2.50. The van der Waals surface area contributed by atoms with Gasteiger partial charge in [0, 0.05) is 30.8 Å². The van der Waals surface area contributed by atoms with Crippen LogP contribution in [0.4, 0.5) is 0 Å². The van der Waals surface area contributed by atoms with Gasteiger partial charge in [0.25, 0.3) is 5.91 Å². The number of hydrogen-bond donors (Lipinski definition) is 3. The summed E-state index contributed by atoms with van der Waals surface area (Å²) < 4.78 is 0. The summed E-state index contributed by atoms with van der Waals surface area (Å²) in [6.45, 7) is 3.61. The number of fused-ring (bicyclic) bond motifs is 1. The molecule has 0 unspecified atom stereocenters. The minimum atomic E-state index is -0.123. The van der Waals surface area contributed by atoms with Crippen molar-refractivity contribution in [2.75, 3.05) is 6.54 Å². The average molecular weight is 270 g/mol. The first-order valence-corrected chi connectivity index (χ1v) is 6.88. The zero-order chi connectivity index (χ0) is 13.9. The normalized spacial score (nSPS) is 15.4. The van der Waals surface area contributed by atoms with Gasteiger partial charge in [-0.2, -0.15) is 5.10 Å². The number of aromatic nitrogens is 2. The number of carbonyl (C=O) groups excluding carboxylic acids is 1. The summed E-state index contributed by atoms with van der Waals surface area (Å²) in [6.07, 6.45) is 0.893. The van der Waals surface area contributed by atoms with E-state index in [0.29, 0.717) is 12.2 Å². The smallest absolute Gasteiger partial charge is 0.272 e. The molecule has 1 aromatic carbocycles. The van der Waals surface area contributed by atoms with Crippen LogP contribution in [-0.4, -0.2) is 22.6 Å². The Bertz CT molecular complexity index is 606. The van der Waals surface area contributed by atoms with Crippen LogP contribution in [0.2, 0.25) is 0 Å². The Labute approximate surface area is 117 Å². The molecule has 1 aliphatic heterocycles. The molecule has 20 heavy (non-hydrogen) atoms. The summed E-state index contributed by atoms with van der Waals surface area (Å²) in [4.78, 5) is 12.3. The van der Waals surface area contributed by atoms with Gasteiger partial charge in [-0.25, -0.2) is 0 Å². The van der Waals surface area contributed by atoms with E-state index in [1.165, 1.54) is 0 Å². The quantitative estimate of drug-likeness (QED) is 0.792. The molecule has 104 valence electrons. The number of nitrogens with zero attached hydrogens (tertiary/aromatic N) is 1. The van der Waals surface area contributed by atoms with Gasteiger partial charge in [0.05, 0.1) is 6.04 Å². The monoisotopic (exact) mass is 270 g/mol. The van der Waals surface area contributed by atoms with Gasteiger partial charge in [0.15, 0.2) is 5.69 Å². The Kier molecular flexibility index (Phi) is 3.52. The predicted octanol–water partition coefficient (Wildman–Crippen LogP) is 1.55. The lowest BCUT2D eigenvalue weighted by Crippen LogP contribution is -2.30. The van der Waals surface area contributed by atoms with Crippen molar-refractivity contribution in [1.82, 2.24) is 20.8 Å². The third-order valence-corrected chi connectivity index (χ3v) is 3.67. The van der Waals surface area contributed by atoms with Crippen LogP contribution in [0, 0.1) is 0 Å². The summed E-state index contributed by atoms with van der Waals surface area (Å²) in [5.41, 5.74) is 3.66. The van der Waals surface area contributed by atoms with Gasteiger partial charge in [-0.15, -0.1) is 0 Å². The summed E-state index contributed by atoms with van der Waals surface area (Å²) in [6, 6.07) is 9.89. The molecule has 5 heteroatoms. The lowest BCUT2D eigenvalue weighted by molar-refractivity contribution is 0.0933. The molecule has 1 aromatic heterocycles. The molecule has 3 N–H and O–H groups in total. The first-order valence-electron chi connectivity index (χ1n) is 6.88. The first kappa shape index (κ1) is 12.9. The van der Waals surface area contributed by atoms with E-state index in [0.717, 1.165) is 29.8 Å². The maximum absolute atomic E-state index is 12.3. The molecule has 3 rings (SSSR count). The van der Waals surface area contributed by atoms with Crippen LogP contribution in [0.25, 0.3) is 0 Å². The molecule has 0 saturated carbocycles. The Morgan fingerprint density at radius 1 is 1.35 bits per heavy atom. The Hall–Kier alpha value is -2.14. The fraction of sp³-hybridized carbons (Fsp3) is 0.333. The SMILES string of the molecule is C[C@@H](NC(=O)c1n[nH]c2c1CNCC2)c1ccccc1. The summed E-state index contributed by atoms with van der Waals surface area (Å²) in [5.74, 6) is -0.123. The second-order valence-electron chi connectivity index (χ2n) is 5.06. The number of nitrogens with one attached hydrogen (secondary N) is 3. The highest BCUT2D eigenvalue weighted by molar-refractivity contribution is 5.94. The average Bonchev–Trinajstić information content (AvgIpc) is 2.92. The lowest BCUT2D eigenvalue weighted by Gasteiger charge is -2.15. The predicted molar refractivity (Wildman–Crippen MR) is 76.3 cm³/mol. The highest BCUT2D eigenvalue weighted by Gasteiger charge is 2.22. The molecule has 2 heterocycles. The van der Waals surface area contributed by atoms with Crippen molar-refractivity contribution < 1.29 is 4.79 Å². The van der Waals surface area contributed by atoms with E-state index in [4.69, 9.17) is 0 Å². The number of aromatic amines is 1. The topological polar surface area (TPSA) is 69.8 Å². The van der Waals surface area contributed by atoms with Crippen LogP contribution in [0.5, 0.6) is 0 Å². The van der Waals surface area contributed by atoms with Crippen molar-refractivity contribution in [1.29, 1.82) is 0 Å². The number of rotatable bonds is 3.